The monoisotopic (exact) mass is 445 g/mol. The smallest absolute Gasteiger partial charge is 0.248 e. The Kier molecular flexibility index (Phi) is 5.85. The van der Waals surface area contributed by atoms with Crippen LogP contribution in [0.2, 0.25) is 0 Å². The van der Waals surface area contributed by atoms with Crippen LogP contribution in [-0.4, -0.2) is 46.4 Å². The van der Waals surface area contributed by atoms with Crippen molar-refractivity contribution in [3.8, 4) is 0 Å². The summed E-state index contributed by atoms with van der Waals surface area (Å²) in [5.74, 6) is 0.430. The lowest BCUT2D eigenvalue weighted by Gasteiger charge is -2.30. The van der Waals surface area contributed by atoms with E-state index in [1.165, 1.54) is 4.31 Å². The third-order valence-corrected chi connectivity index (χ3v) is 7.87. The number of benzene rings is 1. The van der Waals surface area contributed by atoms with Crippen molar-refractivity contribution in [2.45, 2.75) is 51.5 Å². The molecule has 0 radical (unpaired) electrons. The second-order valence-electron chi connectivity index (χ2n) is 7.90. The first-order valence-corrected chi connectivity index (χ1v) is 12.0. The molecule has 3 aromatic rings. The minimum atomic E-state index is -3.69. The number of aromatic nitrogens is 3. The molecule has 0 saturated carbocycles. The molecule has 31 heavy (non-hydrogen) atoms. The van der Waals surface area contributed by atoms with Crippen LogP contribution in [0.25, 0.3) is 11.0 Å². The van der Waals surface area contributed by atoms with Gasteiger partial charge in [0.25, 0.3) is 0 Å². The quantitative estimate of drug-likeness (QED) is 0.624. The van der Waals surface area contributed by atoms with Crippen molar-refractivity contribution >= 4 is 32.9 Å². The van der Waals surface area contributed by atoms with E-state index in [4.69, 9.17) is 4.52 Å². The van der Waals surface area contributed by atoms with Gasteiger partial charge < -0.3 is 9.09 Å². The highest BCUT2D eigenvalue weighted by Crippen LogP contribution is 2.28. The SMILES string of the molecule is CCCn1c(NC(=O)C2CCN(S(=O)(=O)c3c(C)noc3C)CC2)nc2ccccc21. The fraction of sp³-hybridized carbons (Fsp3) is 0.476. The lowest BCUT2D eigenvalue weighted by Crippen LogP contribution is -2.41. The van der Waals surface area contributed by atoms with Crippen molar-refractivity contribution in [2.75, 3.05) is 18.4 Å². The number of para-hydroxylation sites is 2. The van der Waals surface area contributed by atoms with Crippen LogP contribution in [-0.2, 0) is 21.4 Å². The molecule has 1 amide bonds. The van der Waals surface area contributed by atoms with E-state index in [-0.39, 0.29) is 35.6 Å². The molecule has 9 nitrogen and oxygen atoms in total. The Hall–Kier alpha value is -2.72. The molecule has 1 fully saturated rings. The first-order chi connectivity index (χ1) is 14.8. The number of aryl methyl sites for hydroxylation is 3. The van der Waals surface area contributed by atoms with E-state index in [1.807, 2.05) is 28.8 Å². The summed E-state index contributed by atoms with van der Waals surface area (Å²) in [6, 6.07) is 7.80. The van der Waals surface area contributed by atoms with Crippen molar-refractivity contribution in [3.63, 3.8) is 0 Å². The number of carbonyl (C=O) groups is 1. The van der Waals surface area contributed by atoms with Crippen LogP contribution >= 0.6 is 0 Å². The Balaban J connectivity index is 1.46. The van der Waals surface area contributed by atoms with E-state index in [1.54, 1.807) is 13.8 Å². The second kappa shape index (κ2) is 8.43. The molecule has 0 aliphatic carbocycles. The van der Waals surface area contributed by atoms with Gasteiger partial charge in [-0.25, -0.2) is 13.4 Å². The van der Waals surface area contributed by atoms with E-state index < -0.39 is 10.0 Å². The van der Waals surface area contributed by atoms with Gasteiger partial charge in [-0.1, -0.05) is 24.2 Å². The number of nitrogens with one attached hydrogen (secondary N) is 1. The van der Waals surface area contributed by atoms with Crippen LogP contribution in [0.15, 0.2) is 33.7 Å². The van der Waals surface area contributed by atoms with Crippen molar-refractivity contribution in [2.24, 2.45) is 5.92 Å². The summed E-state index contributed by atoms with van der Waals surface area (Å²) in [6.45, 7) is 6.59. The topological polar surface area (TPSA) is 110 Å². The van der Waals surface area contributed by atoms with Gasteiger partial charge in [-0.2, -0.15) is 4.31 Å². The van der Waals surface area contributed by atoms with Crippen LogP contribution < -0.4 is 5.32 Å². The molecule has 0 spiro atoms. The highest BCUT2D eigenvalue weighted by Gasteiger charge is 2.35. The molecule has 10 heteroatoms. The molecular weight excluding hydrogens is 418 g/mol. The standard InChI is InChI=1S/C21H27N5O4S/c1-4-11-26-18-8-6-5-7-17(18)22-21(26)23-20(27)16-9-12-25(13-10-16)31(28,29)19-14(2)24-30-15(19)3/h5-8,16H,4,9-13H2,1-3H3,(H,22,23,27). The van der Waals surface area contributed by atoms with Crippen molar-refractivity contribution in [1.82, 2.24) is 19.0 Å². The highest BCUT2D eigenvalue weighted by atomic mass is 32.2. The van der Waals surface area contributed by atoms with Crippen LogP contribution in [0, 0.1) is 19.8 Å². The van der Waals surface area contributed by atoms with Gasteiger partial charge in [0.15, 0.2) is 5.76 Å². The van der Waals surface area contributed by atoms with E-state index in [9.17, 15) is 13.2 Å². The molecule has 1 aromatic carbocycles. The minimum absolute atomic E-state index is 0.123. The molecule has 1 saturated heterocycles. The molecule has 0 bridgehead atoms. The maximum absolute atomic E-state index is 13.0. The molecule has 1 N–H and O–H groups in total. The third kappa shape index (κ3) is 3.97. The molecule has 1 aliphatic heterocycles. The Morgan fingerprint density at radius 2 is 1.94 bits per heavy atom. The van der Waals surface area contributed by atoms with Gasteiger partial charge in [-0.3, -0.25) is 10.1 Å². The summed E-state index contributed by atoms with van der Waals surface area (Å²) in [7, 11) is -3.69. The lowest BCUT2D eigenvalue weighted by molar-refractivity contribution is -0.121. The molecular formula is C21H27N5O4S. The zero-order chi connectivity index (χ0) is 22.2. The summed E-state index contributed by atoms with van der Waals surface area (Å²) in [5.41, 5.74) is 2.18. The zero-order valence-corrected chi connectivity index (χ0v) is 18.8. The molecule has 2 aromatic heterocycles. The molecule has 3 heterocycles. The van der Waals surface area contributed by atoms with Gasteiger partial charge in [-0.15, -0.1) is 0 Å². The summed E-state index contributed by atoms with van der Waals surface area (Å²) in [5, 5.41) is 6.73. The second-order valence-corrected chi connectivity index (χ2v) is 9.77. The Morgan fingerprint density at radius 1 is 1.23 bits per heavy atom. The fourth-order valence-electron chi connectivity index (χ4n) is 4.16. The maximum atomic E-state index is 13.0. The minimum Gasteiger partial charge on any atom is -0.360 e. The van der Waals surface area contributed by atoms with Gasteiger partial charge in [0.1, 0.15) is 10.6 Å². The van der Waals surface area contributed by atoms with Gasteiger partial charge in [-0.05, 0) is 45.2 Å². The van der Waals surface area contributed by atoms with Crippen LogP contribution in [0.1, 0.15) is 37.6 Å². The van der Waals surface area contributed by atoms with Crippen LogP contribution in [0.4, 0.5) is 5.95 Å². The number of fused-ring (bicyclic) bond motifs is 1. The molecule has 1 aliphatic rings. The number of imidazole rings is 1. The van der Waals surface area contributed by atoms with E-state index >= 15 is 0 Å². The fourth-order valence-corrected chi connectivity index (χ4v) is 5.92. The normalized spacial score (nSPS) is 16.1. The molecule has 166 valence electrons. The number of piperidine rings is 1. The molecule has 0 atom stereocenters. The summed E-state index contributed by atoms with van der Waals surface area (Å²) < 4.78 is 34.4. The molecule has 0 unspecified atom stereocenters. The molecule has 4 rings (SSSR count). The Labute approximate surface area is 181 Å². The van der Waals surface area contributed by atoms with Crippen molar-refractivity contribution < 1.29 is 17.7 Å². The first kappa shape index (κ1) is 21.5. The largest absolute Gasteiger partial charge is 0.360 e. The van der Waals surface area contributed by atoms with Crippen LogP contribution in [0.3, 0.4) is 0 Å². The number of rotatable bonds is 6. The van der Waals surface area contributed by atoms with Gasteiger partial charge >= 0.3 is 0 Å². The lowest BCUT2D eigenvalue weighted by atomic mass is 9.97. The number of sulfonamides is 1. The highest BCUT2D eigenvalue weighted by molar-refractivity contribution is 7.89. The van der Waals surface area contributed by atoms with Gasteiger partial charge in [0.05, 0.1) is 11.0 Å². The van der Waals surface area contributed by atoms with Crippen LogP contribution in [0.5, 0.6) is 0 Å². The number of amides is 1. The number of hydrogen-bond acceptors (Lipinski definition) is 6. The average molecular weight is 446 g/mol. The Bertz CT molecular complexity index is 1190. The summed E-state index contributed by atoms with van der Waals surface area (Å²) in [4.78, 5) is 17.6. The van der Waals surface area contributed by atoms with Gasteiger partial charge in [0, 0.05) is 25.6 Å². The van der Waals surface area contributed by atoms with Gasteiger partial charge in [0.2, 0.25) is 21.9 Å². The van der Waals surface area contributed by atoms with Crippen molar-refractivity contribution in [3.05, 3.63) is 35.7 Å². The van der Waals surface area contributed by atoms with E-state index in [0.717, 1.165) is 24.0 Å². The number of anilines is 1. The average Bonchev–Trinajstić information content (AvgIpc) is 3.28. The number of hydrogen-bond donors (Lipinski definition) is 1. The zero-order valence-electron chi connectivity index (χ0n) is 18.0. The maximum Gasteiger partial charge on any atom is 0.248 e. The first-order valence-electron chi connectivity index (χ1n) is 10.5. The predicted octanol–water partition coefficient (Wildman–Crippen LogP) is 3.09. The van der Waals surface area contributed by atoms with E-state index in [2.05, 4.69) is 22.4 Å². The number of carbonyl (C=O) groups excluding carboxylic acids is 1. The van der Waals surface area contributed by atoms with Crippen molar-refractivity contribution in [1.29, 1.82) is 0 Å². The number of nitrogens with zero attached hydrogens (tertiary/aromatic N) is 4. The summed E-state index contributed by atoms with van der Waals surface area (Å²) >= 11 is 0. The van der Waals surface area contributed by atoms with E-state index in [0.29, 0.717) is 24.5 Å². The predicted molar refractivity (Wildman–Crippen MR) is 116 cm³/mol. The summed E-state index contributed by atoms with van der Waals surface area (Å²) in [6.07, 6.45) is 1.81. The Morgan fingerprint density at radius 3 is 2.58 bits per heavy atom. The third-order valence-electron chi connectivity index (χ3n) is 5.73.